The van der Waals surface area contributed by atoms with Gasteiger partial charge in [0.15, 0.2) is 11.6 Å². The lowest BCUT2D eigenvalue weighted by Crippen LogP contribution is -2.08. The Kier molecular flexibility index (Phi) is 4.04. The summed E-state index contributed by atoms with van der Waals surface area (Å²) in [6, 6.07) is 0. The van der Waals surface area contributed by atoms with Gasteiger partial charge in [-0.1, -0.05) is 6.92 Å². The molecule has 2 rings (SSSR count). The maximum atomic E-state index is 4.56. The highest BCUT2D eigenvalue weighted by atomic mass is 15.1. The van der Waals surface area contributed by atoms with Crippen LogP contribution in [0.3, 0.4) is 0 Å². The first-order valence-corrected chi connectivity index (χ1v) is 6.56. The van der Waals surface area contributed by atoms with E-state index in [-0.39, 0.29) is 0 Å². The normalized spacial score (nSPS) is 10.5. The summed E-state index contributed by atoms with van der Waals surface area (Å²) in [7, 11) is 0. The van der Waals surface area contributed by atoms with Crippen molar-refractivity contribution in [1.82, 2.24) is 19.9 Å². The molecule has 5 heteroatoms. The highest BCUT2D eigenvalue weighted by Crippen LogP contribution is 2.20. The molecule has 2 aromatic heterocycles. The fourth-order valence-electron chi connectivity index (χ4n) is 1.85. The molecule has 0 atom stereocenters. The highest BCUT2D eigenvalue weighted by Gasteiger charge is 2.12. The zero-order valence-electron chi connectivity index (χ0n) is 11.9. The molecule has 0 aliphatic carbocycles. The third-order valence-corrected chi connectivity index (χ3v) is 2.91. The van der Waals surface area contributed by atoms with Crippen LogP contribution in [0.1, 0.15) is 30.7 Å². The Labute approximate surface area is 113 Å². The summed E-state index contributed by atoms with van der Waals surface area (Å²) in [4.78, 5) is 17.7. The molecule has 1 N–H and O–H groups in total. The standard InChI is InChI=1S/C14H19N5/c1-5-11-10(4)12(15-6-2)19-14(18-11)13-16-7-9(3)8-17-13/h7-8H,5-6H2,1-4H3,(H,15,18,19). The summed E-state index contributed by atoms with van der Waals surface area (Å²) >= 11 is 0. The molecule has 0 unspecified atom stereocenters. The van der Waals surface area contributed by atoms with Gasteiger partial charge >= 0.3 is 0 Å². The topological polar surface area (TPSA) is 63.6 Å². The van der Waals surface area contributed by atoms with Gasteiger partial charge in [0.05, 0.1) is 0 Å². The Morgan fingerprint density at radius 2 is 1.68 bits per heavy atom. The molecule has 19 heavy (non-hydrogen) atoms. The van der Waals surface area contributed by atoms with Gasteiger partial charge in [-0.15, -0.1) is 0 Å². The summed E-state index contributed by atoms with van der Waals surface area (Å²) in [6.45, 7) is 8.97. The van der Waals surface area contributed by atoms with Crippen molar-refractivity contribution in [2.75, 3.05) is 11.9 Å². The lowest BCUT2D eigenvalue weighted by molar-refractivity contribution is 0.953. The van der Waals surface area contributed by atoms with Crippen LogP contribution in [0.25, 0.3) is 11.6 Å². The predicted molar refractivity (Wildman–Crippen MR) is 76.1 cm³/mol. The minimum absolute atomic E-state index is 0.569. The van der Waals surface area contributed by atoms with Crippen molar-refractivity contribution in [2.45, 2.75) is 34.1 Å². The van der Waals surface area contributed by atoms with Crippen molar-refractivity contribution in [3.8, 4) is 11.6 Å². The Morgan fingerprint density at radius 1 is 1.00 bits per heavy atom. The molecule has 0 spiro atoms. The van der Waals surface area contributed by atoms with Gasteiger partial charge in [0, 0.05) is 30.2 Å². The summed E-state index contributed by atoms with van der Waals surface area (Å²) < 4.78 is 0. The summed E-state index contributed by atoms with van der Waals surface area (Å²) in [5.74, 6) is 2.02. The first-order chi connectivity index (χ1) is 9.15. The summed E-state index contributed by atoms with van der Waals surface area (Å²) in [6.07, 6.45) is 4.43. The second-order valence-electron chi connectivity index (χ2n) is 4.44. The minimum atomic E-state index is 0.569. The zero-order chi connectivity index (χ0) is 13.8. The van der Waals surface area contributed by atoms with Crippen LogP contribution >= 0.6 is 0 Å². The van der Waals surface area contributed by atoms with Crippen LogP contribution in [-0.4, -0.2) is 26.5 Å². The van der Waals surface area contributed by atoms with Gasteiger partial charge in [-0.25, -0.2) is 19.9 Å². The summed E-state index contributed by atoms with van der Waals surface area (Å²) in [5.41, 5.74) is 3.16. The molecule has 0 aromatic carbocycles. The number of nitrogens with zero attached hydrogens (tertiary/aromatic N) is 4. The quantitative estimate of drug-likeness (QED) is 0.912. The van der Waals surface area contributed by atoms with Crippen molar-refractivity contribution in [3.63, 3.8) is 0 Å². The van der Waals surface area contributed by atoms with Gasteiger partial charge in [-0.3, -0.25) is 0 Å². The highest BCUT2D eigenvalue weighted by molar-refractivity contribution is 5.53. The van der Waals surface area contributed by atoms with Crippen molar-refractivity contribution >= 4 is 5.82 Å². The zero-order valence-corrected chi connectivity index (χ0v) is 11.9. The van der Waals surface area contributed by atoms with E-state index >= 15 is 0 Å². The van der Waals surface area contributed by atoms with Crippen LogP contribution in [0.5, 0.6) is 0 Å². The average Bonchev–Trinajstić information content (AvgIpc) is 2.42. The van der Waals surface area contributed by atoms with E-state index in [4.69, 9.17) is 0 Å². The van der Waals surface area contributed by atoms with Crippen molar-refractivity contribution in [2.24, 2.45) is 0 Å². The Hall–Kier alpha value is -2.04. The SMILES string of the molecule is CCNc1nc(-c2ncc(C)cn2)nc(CC)c1C. The van der Waals surface area contributed by atoms with E-state index < -0.39 is 0 Å². The van der Waals surface area contributed by atoms with Gasteiger partial charge in [-0.2, -0.15) is 0 Å². The molecular formula is C14H19N5. The van der Waals surface area contributed by atoms with Crippen LogP contribution in [0, 0.1) is 13.8 Å². The lowest BCUT2D eigenvalue weighted by Gasteiger charge is -2.11. The number of aryl methyl sites for hydroxylation is 2. The minimum Gasteiger partial charge on any atom is -0.370 e. The number of aromatic nitrogens is 4. The third-order valence-electron chi connectivity index (χ3n) is 2.91. The maximum absolute atomic E-state index is 4.56. The first kappa shape index (κ1) is 13.4. The Morgan fingerprint density at radius 3 is 2.26 bits per heavy atom. The molecule has 2 aromatic rings. The van der Waals surface area contributed by atoms with E-state index in [1.165, 1.54) is 0 Å². The largest absolute Gasteiger partial charge is 0.370 e. The Balaban J connectivity index is 2.51. The molecule has 0 radical (unpaired) electrons. The fourth-order valence-corrected chi connectivity index (χ4v) is 1.85. The van der Waals surface area contributed by atoms with E-state index in [1.807, 2.05) is 13.8 Å². The van der Waals surface area contributed by atoms with Crippen LogP contribution in [0.2, 0.25) is 0 Å². The molecule has 0 aliphatic rings. The number of hydrogen-bond donors (Lipinski definition) is 1. The average molecular weight is 257 g/mol. The van der Waals surface area contributed by atoms with Gasteiger partial charge in [0.1, 0.15) is 5.82 Å². The van der Waals surface area contributed by atoms with Crippen LogP contribution < -0.4 is 5.32 Å². The molecule has 5 nitrogen and oxygen atoms in total. The van der Waals surface area contributed by atoms with Gasteiger partial charge in [-0.05, 0) is 32.8 Å². The monoisotopic (exact) mass is 257 g/mol. The van der Waals surface area contributed by atoms with E-state index in [0.29, 0.717) is 11.6 Å². The third kappa shape index (κ3) is 2.86. The van der Waals surface area contributed by atoms with E-state index in [0.717, 1.165) is 35.6 Å². The fraction of sp³-hybridized carbons (Fsp3) is 0.429. The predicted octanol–water partition coefficient (Wildman–Crippen LogP) is 2.54. The number of hydrogen-bond acceptors (Lipinski definition) is 5. The van der Waals surface area contributed by atoms with Gasteiger partial charge in [0.25, 0.3) is 0 Å². The van der Waals surface area contributed by atoms with Crippen LogP contribution in [0.15, 0.2) is 12.4 Å². The Bertz CT molecular complexity index is 563. The van der Waals surface area contributed by atoms with Gasteiger partial charge < -0.3 is 5.32 Å². The molecule has 2 heterocycles. The first-order valence-electron chi connectivity index (χ1n) is 6.56. The lowest BCUT2D eigenvalue weighted by atomic mass is 10.2. The molecule has 100 valence electrons. The molecule has 0 saturated heterocycles. The van der Waals surface area contributed by atoms with E-state index in [9.17, 15) is 0 Å². The van der Waals surface area contributed by atoms with E-state index in [1.54, 1.807) is 12.4 Å². The summed E-state index contributed by atoms with van der Waals surface area (Å²) in [5, 5.41) is 3.27. The molecule has 0 fully saturated rings. The second kappa shape index (κ2) is 5.73. The van der Waals surface area contributed by atoms with Gasteiger partial charge in [0.2, 0.25) is 0 Å². The van der Waals surface area contributed by atoms with E-state index in [2.05, 4.69) is 39.1 Å². The molecule has 0 saturated carbocycles. The maximum Gasteiger partial charge on any atom is 0.199 e. The van der Waals surface area contributed by atoms with Crippen molar-refractivity contribution in [3.05, 3.63) is 29.2 Å². The molecular weight excluding hydrogens is 238 g/mol. The van der Waals surface area contributed by atoms with Crippen molar-refractivity contribution in [1.29, 1.82) is 0 Å². The smallest absolute Gasteiger partial charge is 0.199 e. The van der Waals surface area contributed by atoms with Crippen LogP contribution in [0.4, 0.5) is 5.82 Å². The van der Waals surface area contributed by atoms with Crippen LogP contribution in [-0.2, 0) is 6.42 Å². The molecule has 0 bridgehead atoms. The number of rotatable bonds is 4. The molecule has 0 amide bonds. The second-order valence-corrected chi connectivity index (χ2v) is 4.44. The number of anilines is 1. The molecule has 0 aliphatic heterocycles. The van der Waals surface area contributed by atoms with Crippen molar-refractivity contribution < 1.29 is 0 Å². The number of nitrogens with one attached hydrogen (secondary N) is 1.